The Labute approximate surface area is 132 Å². The molecule has 1 unspecified atom stereocenters. The zero-order valence-electron chi connectivity index (χ0n) is 11.4. The van der Waals surface area contributed by atoms with Gasteiger partial charge in [0.2, 0.25) is 5.91 Å². The number of aromatic nitrogens is 1. The SMILES string of the molecule is O=C(Nc1ncc(Cc2ccccc2Cl)s1)C1CCNC1. The number of halogens is 1. The van der Waals surface area contributed by atoms with Gasteiger partial charge < -0.3 is 10.6 Å². The van der Waals surface area contributed by atoms with E-state index in [4.69, 9.17) is 11.6 Å². The van der Waals surface area contributed by atoms with Crippen LogP contribution in [-0.2, 0) is 11.2 Å². The fraction of sp³-hybridized carbons (Fsp3) is 0.333. The van der Waals surface area contributed by atoms with Gasteiger partial charge in [-0.2, -0.15) is 0 Å². The number of nitrogens with zero attached hydrogens (tertiary/aromatic N) is 1. The van der Waals surface area contributed by atoms with E-state index in [1.807, 2.05) is 24.3 Å². The molecule has 1 atom stereocenters. The molecule has 1 fully saturated rings. The lowest BCUT2D eigenvalue weighted by Gasteiger charge is -2.06. The van der Waals surface area contributed by atoms with Crippen LogP contribution in [0.5, 0.6) is 0 Å². The van der Waals surface area contributed by atoms with Crippen molar-refractivity contribution in [2.45, 2.75) is 12.8 Å². The Kier molecular flexibility index (Phi) is 4.53. The molecule has 1 aliphatic heterocycles. The molecule has 0 bridgehead atoms. The third-order valence-corrected chi connectivity index (χ3v) is 4.82. The summed E-state index contributed by atoms with van der Waals surface area (Å²) in [5.41, 5.74) is 1.07. The van der Waals surface area contributed by atoms with Crippen molar-refractivity contribution in [1.29, 1.82) is 0 Å². The van der Waals surface area contributed by atoms with Crippen molar-refractivity contribution in [3.8, 4) is 0 Å². The lowest BCUT2D eigenvalue weighted by atomic mass is 10.1. The van der Waals surface area contributed by atoms with Gasteiger partial charge in [-0.25, -0.2) is 4.98 Å². The first-order valence-corrected chi connectivity index (χ1v) is 8.11. The van der Waals surface area contributed by atoms with Crippen molar-refractivity contribution in [1.82, 2.24) is 10.3 Å². The maximum Gasteiger partial charge on any atom is 0.230 e. The number of carbonyl (C=O) groups excluding carboxylic acids is 1. The molecule has 21 heavy (non-hydrogen) atoms. The second-order valence-electron chi connectivity index (χ2n) is 5.08. The number of thiazole rings is 1. The zero-order valence-corrected chi connectivity index (χ0v) is 13.0. The van der Waals surface area contributed by atoms with Crippen molar-refractivity contribution in [2.24, 2.45) is 5.92 Å². The van der Waals surface area contributed by atoms with Gasteiger partial charge >= 0.3 is 0 Å². The summed E-state index contributed by atoms with van der Waals surface area (Å²) in [5, 5.41) is 7.51. The minimum atomic E-state index is 0.0543. The molecule has 1 saturated heterocycles. The van der Waals surface area contributed by atoms with Crippen molar-refractivity contribution in [2.75, 3.05) is 18.4 Å². The van der Waals surface area contributed by atoms with Crippen LogP contribution < -0.4 is 10.6 Å². The highest BCUT2D eigenvalue weighted by Gasteiger charge is 2.23. The molecule has 0 aliphatic carbocycles. The molecule has 1 amide bonds. The molecule has 1 aromatic carbocycles. The molecule has 2 N–H and O–H groups in total. The van der Waals surface area contributed by atoms with Crippen LogP contribution in [0.1, 0.15) is 16.9 Å². The number of rotatable bonds is 4. The first kappa shape index (κ1) is 14.5. The Bertz CT molecular complexity index is 637. The van der Waals surface area contributed by atoms with Crippen LogP contribution >= 0.6 is 22.9 Å². The average Bonchev–Trinajstić information content (AvgIpc) is 3.13. The minimum absolute atomic E-state index is 0.0543. The minimum Gasteiger partial charge on any atom is -0.316 e. The summed E-state index contributed by atoms with van der Waals surface area (Å²) in [6.45, 7) is 1.66. The van der Waals surface area contributed by atoms with E-state index < -0.39 is 0 Å². The molecule has 110 valence electrons. The Balaban J connectivity index is 1.63. The van der Waals surface area contributed by atoms with E-state index in [0.29, 0.717) is 5.13 Å². The summed E-state index contributed by atoms with van der Waals surface area (Å²) in [4.78, 5) is 17.4. The van der Waals surface area contributed by atoms with Crippen LogP contribution in [0.3, 0.4) is 0 Å². The lowest BCUT2D eigenvalue weighted by Crippen LogP contribution is -2.24. The van der Waals surface area contributed by atoms with E-state index in [2.05, 4.69) is 15.6 Å². The van der Waals surface area contributed by atoms with E-state index in [1.165, 1.54) is 11.3 Å². The zero-order chi connectivity index (χ0) is 14.7. The smallest absolute Gasteiger partial charge is 0.230 e. The van der Waals surface area contributed by atoms with Crippen LogP contribution in [0.2, 0.25) is 5.02 Å². The topological polar surface area (TPSA) is 54.0 Å². The predicted octanol–water partition coefficient (Wildman–Crippen LogP) is 2.94. The van der Waals surface area contributed by atoms with Gasteiger partial charge in [-0.05, 0) is 24.6 Å². The molecule has 1 aliphatic rings. The van der Waals surface area contributed by atoms with E-state index in [0.717, 1.165) is 41.4 Å². The highest BCUT2D eigenvalue weighted by atomic mass is 35.5. The van der Waals surface area contributed by atoms with Gasteiger partial charge in [-0.1, -0.05) is 29.8 Å². The second-order valence-corrected chi connectivity index (χ2v) is 6.60. The third kappa shape index (κ3) is 3.61. The highest BCUT2D eigenvalue weighted by Crippen LogP contribution is 2.25. The lowest BCUT2D eigenvalue weighted by molar-refractivity contribution is -0.119. The normalized spacial score (nSPS) is 17.9. The molecule has 0 radical (unpaired) electrons. The number of nitrogens with one attached hydrogen (secondary N) is 2. The number of carbonyl (C=O) groups is 1. The fourth-order valence-corrected chi connectivity index (χ4v) is 3.40. The van der Waals surface area contributed by atoms with Crippen LogP contribution in [0.25, 0.3) is 0 Å². The summed E-state index contributed by atoms with van der Waals surface area (Å²) in [6, 6.07) is 7.77. The average molecular weight is 322 g/mol. The number of hydrogen-bond acceptors (Lipinski definition) is 4. The maximum atomic E-state index is 12.0. The summed E-state index contributed by atoms with van der Waals surface area (Å²) in [5.74, 6) is 0.111. The standard InChI is InChI=1S/C15H16ClN3OS/c16-13-4-2-1-3-10(13)7-12-9-18-15(21-12)19-14(20)11-5-6-17-8-11/h1-4,9,11,17H,5-8H2,(H,18,19,20). The third-order valence-electron chi connectivity index (χ3n) is 3.54. The number of anilines is 1. The van der Waals surface area contributed by atoms with Gasteiger partial charge in [-0.3, -0.25) is 4.79 Å². The van der Waals surface area contributed by atoms with Gasteiger partial charge in [0, 0.05) is 29.1 Å². The predicted molar refractivity (Wildman–Crippen MR) is 86.0 cm³/mol. The summed E-state index contributed by atoms with van der Waals surface area (Å²) in [7, 11) is 0. The molecule has 3 rings (SSSR count). The molecule has 2 aromatic rings. The molecule has 2 heterocycles. The molecule has 6 heteroatoms. The van der Waals surface area contributed by atoms with Crippen LogP contribution in [0.15, 0.2) is 30.5 Å². The second kappa shape index (κ2) is 6.56. The summed E-state index contributed by atoms with van der Waals surface area (Å²) >= 11 is 7.66. The molecule has 1 aromatic heterocycles. The van der Waals surface area contributed by atoms with Crippen molar-refractivity contribution >= 4 is 34.0 Å². The van der Waals surface area contributed by atoms with Crippen molar-refractivity contribution < 1.29 is 4.79 Å². The molecule has 0 saturated carbocycles. The number of hydrogen-bond donors (Lipinski definition) is 2. The maximum absolute atomic E-state index is 12.0. The largest absolute Gasteiger partial charge is 0.316 e. The monoisotopic (exact) mass is 321 g/mol. The highest BCUT2D eigenvalue weighted by molar-refractivity contribution is 7.15. The first-order valence-electron chi connectivity index (χ1n) is 6.92. The number of benzene rings is 1. The van der Waals surface area contributed by atoms with E-state index in [1.54, 1.807) is 6.20 Å². The van der Waals surface area contributed by atoms with Crippen molar-refractivity contribution in [3.05, 3.63) is 45.9 Å². The van der Waals surface area contributed by atoms with Gasteiger partial charge in [-0.15, -0.1) is 11.3 Å². The van der Waals surface area contributed by atoms with Crippen LogP contribution in [0.4, 0.5) is 5.13 Å². The van der Waals surface area contributed by atoms with Crippen molar-refractivity contribution in [3.63, 3.8) is 0 Å². The van der Waals surface area contributed by atoms with Gasteiger partial charge in [0.15, 0.2) is 5.13 Å². The number of amides is 1. The van der Waals surface area contributed by atoms with E-state index >= 15 is 0 Å². The summed E-state index contributed by atoms with van der Waals surface area (Å²) < 4.78 is 0. The van der Waals surface area contributed by atoms with E-state index in [-0.39, 0.29) is 11.8 Å². The Morgan fingerprint density at radius 1 is 1.48 bits per heavy atom. The van der Waals surface area contributed by atoms with Gasteiger partial charge in [0.1, 0.15) is 0 Å². The molecule has 4 nitrogen and oxygen atoms in total. The Morgan fingerprint density at radius 2 is 2.33 bits per heavy atom. The van der Waals surface area contributed by atoms with Gasteiger partial charge in [0.25, 0.3) is 0 Å². The molecule has 0 spiro atoms. The van der Waals surface area contributed by atoms with Crippen LogP contribution in [-0.4, -0.2) is 24.0 Å². The van der Waals surface area contributed by atoms with Gasteiger partial charge in [0.05, 0.1) is 5.92 Å². The Hall–Kier alpha value is -1.43. The molecular formula is C15H16ClN3OS. The molecular weight excluding hydrogens is 306 g/mol. The van der Waals surface area contributed by atoms with Crippen LogP contribution in [0, 0.1) is 5.92 Å². The van der Waals surface area contributed by atoms with E-state index in [9.17, 15) is 4.79 Å². The fourth-order valence-electron chi connectivity index (χ4n) is 2.36. The Morgan fingerprint density at radius 3 is 3.10 bits per heavy atom. The summed E-state index contributed by atoms with van der Waals surface area (Å²) in [6.07, 6.45) is 3.43. The quantitative estimate of drug-likeness (QED) is 0.910. The first-order chi connectivity index (χ1) is 10.2.